The fraction of sp³-hybridized carbons (Fsp3) is 0.389. The van der Waals surface area contributed by atoms with E-state index < -0.39 is 6.04 Å². The van der Waals surface area contributed by atoms with Crippen molar-refractivity contribution in [1.82, 2.24) is 20.4 Å². The van der Waals surface area contributed by atoms with Gasteiger partial charge in [0.15, 0.2) is 11.5 Å². The summed E-state index contributed by atoms with van der Waals surface area (Å²) in [6, 6.07) is 21.7. The predicted molar refractivity (Wildman–Crippen MR) is 176 cm³/mol. The van der Waals surface area contributed by atoms with E-state index in [1.807, 2.05) is 36.4 Å². The summed E-state index contributed by atoms with van der Waals surface area (Å²) in [5.74, 6) is 1.73. The third kappa shape index (κ3) is 6.22. The van der Waals surface area contributed by atoms with Crippen LogP contribution in [0.2, 0.25) is 0 Å². The lowest BCUT2D eigenvalue weighted by Gasteiger charge is -2.39. The Morgan fingerprint density at radius 1 is 0.867 bits per heavy atom. The zero-order valence-electron chi connectivity index (χ0n) is 26.4. The highest BCUT2D eigenvalue weighted by Crippen LogP contribution is 2.40. The zero-order valence-corrected chi connectivity index (χ0v) is 26.4. The van der Waals surface area contributed by atoms with Gasteiger partial charge in [0, 0.05) is 45.3 Å². The van der Waals surface area contributed by atoms with Gasteiger partial charge >= 0.3 is 0 Å². The number of carbonyl (C=O) groups is 2. The number of anilines is 1. The molecule has 3 aromatic carbocycles. The Labute approximate surface area is 265 Å². The fourth-order valence-electron chi connectivity index (χ4n) is 6.78. The topological polar surface area (TPSA) is 86.4 Å². The number of nitrogens with one attached hydrogen (secondary N) is 2. The summed E-state index contributed by atoms with van der Waals surface area (Å²) < 4.78 is 11.1. The molecule has 3 aromatic rings. The van der Waals surface area contributed by atoms with Crippen LogP contribution in [0.25, 0.3) is 0 Å². The van der Waals surface area contributed by atoms with E-state index >= 15 is 0 Å². The molecule has 0 radical (unpaired) electrons. The van der Waals surface area contributed by atoms with Crippen LogP contribution >= 0.6 is 0 Å². The maximum absolute atomic E-state index is 14.3. The number of nitrogens with zero attached hydrogens (tertiary/aromatic N) is 3. The van der Waals surface area contributed by atoms with Crippen molar-refractivity contribution in [3.63, 3.8) is 0 Å². The molecule has 2 amide bonds. The predicted octanol–water partition coefficient (Wildman–Crippen LogP) is 5.13. The second kappa shape index (κ2) is 13.6. The van der Waals surface area contributed by atoms with E-state index in [1.54, 1.807) is 20.3 Å². The molecule has 236 valence electrons. The summed E-state index contributed by atoms with van der Waals surface area (Å²) in [7, 11) is 3.19. The van der Waals surface area contributed by atoms with Crippen LogP contribution in [0.15, 0.2) is 78.6 Å². The minimum atomic E-state index is -0.457. The van der Waals surface area contributed by atoms with Gasteiger partial charge in [-0.3, -0.25) is 19.4 Å². The molecule has 0 bridgehead atoms. The smallest absolute Gasteiger partial charge is 0.264 e. The monoisotopic (exact) mass is 609 g/mol. The van der Waals surface area contributed by atoms with Gasteiger partial charge in [0.25, 0.3) is 11.8 Å². The van der Waals surface area contributed by atoms with Gasteiger partial charge in [-0.05, 0) is 67.7 Å². The van der Waals surface area contributed by atoms with Crippen LogP contribution in [0, 0.1) is 0 Å². The molecule has 3 aliphatic rings. The molecule has 45 heavy (non-hydrogen) atoms. The first-order valence-electron chi connectivity index (χ1n) is 15.9. The molecule has 1 fully saturated rings. The van der Waals surface area contributed by atoms with Gasteiger partial charge in [-0.2, -0.15) is 0 Å². The second-order valence-corrected chi connectivity index (χ2v) is 11.8. The summed E-state index contributed by atoms with van der Waals surface area (Å²) >= 11 is 0. The maximum Gasteiger partial charge on any atom is 0.264 e. The first-order valence-corrected chi connectivity index (χ1v) is 15.9. The zero-order chi connectivity index (χ0) is 31.3. The van der Waals surface area contributed by atoms with Crippen LogP contribution in [-0.4, -0.2) is 75.1 Å². The van der Waals surface area contributed by atoms with Crippen LogP contribution in [0.1, 0.15) is 70.1 Å². The van der Waals surface area contributed by atoms with Gasteiger partial charge in [0.1, 0.15) is 0 Å². The quantitative estimate of drug-likeness (QED) is 0.216. The Kier molecular flexibility index (Phi) is 9.26. The molecule has 2 atom stereocenters. The standard InChI is InChI=1S/C36H43N5O4/c1-25(26-10-5-4-6-11-26)39-20-22-40(23-21-39)30-13-7-12-28-34(30)36(43)41(35(28)42)29(14-8-18-37-33-15-9-19-38-33)27-16-17-31(44-2)32(24-27)45-3/h4-7,10-13,15-17,24-25,29,37-38H,8-9,14,18-23H2,1-3H3/t25-,29-/m1/s1. The van der Waals surface area contributed by atoms with E-state index in [1.165, 1.54) is 10.5 Å². The van der Waals surface area contributed by atoms with E-state index in [0.717, 1.165) is 69.2 Å². The Morgan fingerprint density at radius 2 is 1.64 bits per heavy atom. The first kappa shape index (κ1) is 30.5. The average molecular weight is 610 g/mol. The molecule has 0 saturated carbocycles. The molecular formula is C36H43N5O4. The highest BCUT2D eigenvalue weighted by Gasteiger charge is 2.43. The summed E-state index contributed by atoms with van der Waals surface area (Å²) in [4.78, 5) is 34.6. The van der Waals surface area contributed by atoms with E-state index in [4.69, 9.17) is 9.47 Å². The Balaban J connectivity index is 1.23. The highest BCUT2D eigenvalue weighted by atomic mass is 16.5. The van der Waals surface area contributed by atoms with Gasteiger partial charge < -0.3 is 25.0 Å². The molecule has 2 N–H and O–H groups in total. The van der Waals surface area contributed by atoms with E-state index in [2.05, 4.69) is 57.7 Å². The van der Waals surface area contributed by atoms with Crippen molar-refractivity contribution in [1.29, 1.82) is 0 Å². The summed E-state index contributed by atoms with van der Waals surface area (Å²) in [5, 5.41) is 6.77. The summed E-state index contributed by atoms with van der Waals surface area (Å²) in [6.45, 7) is 7.22. The van der Waals surface area contributed by atoms with Gasteiger partial charge in [0.2, 0.25) is 0 Å². The number of amides is 2. The van der Waals surface area contributed by atoms with Gasteiger partial charge in [-0.15, -0.1) is 0 Å². The number of imide groups is 1. The minimum Gasteiger partial charge on any atom is -0.493 e. The summed E-state index contributed by atoms with van der Waals surface area (Å²) in [6.07, 6.45) is 4.53. The van der Waals surface area contributed by atoms with Crippen LogP contribution in [-0.2, 0) is 0 Å². The van der Waals surface area contributed by atoms with Crippen molar-refractivity contribution in [2.24, 2.45) is 0 Å². The molecule has 0 unspecified atom stereocenters. The molecule has 9 nitrogen and oxygen atoms in total. The second-order valence-electron chi connectivity index (χ2n) is 11.8. The van der Waals surface area contributed by atoms with Gasteiger partial charge in [-0.25, -0.2) is 0 Å². The minimum absolute atomic E-state index is 0.237. The number of rotatable bonds is 12. The summed E-state index contributed by atoms with van der Waals surface area (Å²) in [5.41, 5.74) is 3.96. The van der Waals surface area contributed by atoms with Crippen molar-refractivity contribution in [2.75, 3.05) is 58.4 Å². The number of hydrogen-bond donors (Lipinski definition) is 2. The third-order valence-corrected chi connectivity index (χ3v) is 9.29. The number of piperazine rings is 1. The molecule has 0 aromatic heterocycles. The molecule has 9 heteroatoms. The van der Waals surface area contributed by atoms with Crippen LogP contribution in [0.4, 0.5) is 5.69 Å². The lowest BCUT2D eigenvalue weighted by atomic mass is 9.99. The van der Waals surface area contributed by atoms with Crippen molar-refractivity contribution >= 4 is 17.5 Å². The number of carbonyl (C=O) groups excluding carboxylic acids is 2. The Hall–Kier alpha value is -4.50. The van der Waals surface area contributed by atoms with Crippen molar-refractivity contribution < 1.29 is 19.1 Å². The number of benzene rings is 3. The van der Waals surface area contributed by atoms with E-state index in [0.29, 0.717) is 35.1 Å². The largest absolute Gasteiger partial charge is 0.493 e. The van der Waals surface area contributed by atoms with Crippen molar-refractivity contribution in [3.8, 4) is 11.5 Å². The highest BCUT2D eigenvalue weighted by molar-refractivity contribution is 6.24. The lowest BCUT2D eigenvalue weighted by Crippen LogP contribution is -2.47. The number of ether oxygens (including phenoxy) is 2. The average Bonchev–Trinajstić information content (AvgIpc) is 3.70. The SMILES string of the molecule is COc1ccc([C@@H](CCCNC2=CCCN2)N2C(=O)c3cccc(N4CCN([C@H](C)c5ccccc5)CC4)c3C2=O)cc1OC. The van der Waals surface area contributed by atoms with Gasteiger partial charge in [0.05, 0.1) is 42.9 Å². The fourth-order valence-corrected chi connectivity index (χ4v) is 6.78. The normalized spacial score (nSPS) is 17.9. The molecule has 6 rings (SSSR count). The van der Waals surface area contributed by atoms with Crippen LogP contribution < -0.4 is 25.0 Å². The Morgan fingerprint density at radius 3 is 2.36 bits per heavy atom. The number of methoxy groups -OCH3 is 2. The first-order chi connectivity index (χ1) is 22.0. The number of hydrogen-bond acceptors (Lipinski definition) is 8. The van der Waals surface area contributed by atoms with Gasteiger partial charge in [-0.1, -0.05) is 42.5 Å². The van der Waals surface area contributed by atoms with Crippen LogP contribution in [0.3, 0.4) is 0 Å². The third-order valence-electron chi connectivity index (χ3n) is 9.29. The van der Waals surface area contributed by atoms with Crippen molar-refractivity contribution in [3.05, 3.63) is 101 Å². The molecule has 0 spiro atoms. The van der Waals surface area contributed by atoms with Crippen LogP contribution in [0.5, 0.6) is 11.5 Å². The molecule has 3 aliphatic heterocycles. The van der Waals surface area contributed by atoms with E-state index in [9.17, 15) is 9.59 Å². The molecular weight excluding hydrogens is 566 g/mol. The lowest BCUT2D eigenvalue weighted by molar-refractivity contribution is 0.0572. The maximum atomic E-state index is 14.3. The molecule has 1 saturated heterocycles. The van der Waals surface area contributed by atoms with E-state index in [-0.39, 0.29) is 11.8 Å². The Bertz CT molecular complexity index is 1550. The van der Waals surface area contributed by atoms with Crippen molar-refractivity contribution in [2.45, 2.75) is 38.3 Å². The molecule has 0 aliphatic carbocycles. The molecule has 3 heterocycles. The number of fused-ring (bicyclic) bond motifs is 1.